The first-order valence-electron chi connectivity index (χ1n) is 7.47. The van der Waals surface area contributed by atoms with Crippen LogP contribution in [0.15, 0.2) is 48.5 Å². The minimum absolute atomic E-state index is 0.157. The minimum atomic E-state index is -0.328. The van der Waals surface area contributed by atoms with E-state index in [9.17, 15) is 9.18 Å². The van der Waals surface area contributed by atoms with Crippen LogP contribution in [0.4, 0.5) is 15.8 Å². The molecule has 2 aromatic rings. The second kappa shape index (κ2) is 7.59. The summed E-state index contributed by atoms with van der Waals surface area (Å²) in [4.78, 5) is 12.0. The van der Waals surface area contributed by atoms with E-state index in [1.54, 1.807) is 12.1 Å². The Morgan fingerprint density at radius 1 is 1.14 bits per heavy atom. The maximum absolute atomic E-state index is 13.1. The monoisotopic (exact) mass is 300 g/mol. The molecule has 0 spiro atoms. The van der Waals surface area contributed by atoms with Crippen molar-refractivity contribution < 1.29 is 9.18 Å². The number of hydrogen-bond acceptors (Lipinski definition) is 2. The standard InChI is InChI=1S/C18H21FN2O/c1-3-13(2)20-16-7-9-17(10-8-16)21-18(22)12-14-5-4-6-15(19)11-14/h4-11,13,20H,3,12H2,1-2H3,(H,21,22). The molecule has 0 aliphatic carbocycles. The van der Waals surface area contributed by atoms with E-state index in [2.05, 4.69) is 24.5 Å². The van der Waals surface area contributed by atoms with Gasteiger partial charge in [-0.3, -0.25) is 4.79 Å². The normalized spacial score (nSPS) is 11.8. The van der Waals surface area contributed by atoms with Crippen molar-refractivity contribution in [3.8, 4) is 0 Å². The van der Waals surface area contributed by atoms with E-state index in [0.29, 0.717) is 11.6 Å². The van der Waals surface area contributed by atoms with Crippen LogP contribution in [-0.4, -0.2) is 11.9 Å². The fourth-order valence-corrected chi connectivity index (χ4v) is 2.07. The van der Waals surface area contributed by atoms with Crippen LogP contribution >= 0.6 is 0 Å². The third-order valence-electron chi connectivity index (χ3n) is 3.45. The molecule has 1 atom stereocenters. The van der Waals surface area contributed by atoms with Gasteiger partial charge in [-0.1, -0.05) is 19.1 Å². The SMILES string of the molecule is CCC(C)Nc1ccc(NC(=O)Cc2cccc(F)c2)cc1. The van der Waals surface area contributed by atoms with Gasteiger partial charge in [0.25, 0.3) is 0 Å². The van der Waals surface area contributed by atoms with Crippen molar-refractivity contribution in [2.75, 3.05) is 10.6 Å². The summed E-state index contributed by atoms with van der Waals surface area (Å²) in [6.45, 7) is 4.24. The van der Waals surface area contributed by atoms with E-state index < -0.39 is 0 Å². The zero-order valence-electron chi connectivity index (χ0n) is 12.9. The maximum Gasteiger partial charge on any atom is 0.228 e. The van der Waals surface area contributed by atoms with Gasteiger partial charge >= 0.3 is 0 Å². The third kappa shape index (κ3) is 4.88. The lowest BCUT2D eigenvalue weighted by molar-refractivity contribution is -0.115. The summed E-state index contributed by atoms with van der Waals surface area (Å²) in [5.41, 5.74) is 2.42. The van der Waals surface area contributed by atoms with Crippen LogP contribution in [0.25, 0.3) is 0 Å². The first-order valence-corrected chi connectivity index (χ1v) is 7.47. The maximum atomic E-state index is 13.1. The molecule has 0 saturated heterocycles. The molecule has 3 nitrogen and oxygen atoms in total. The van der Waals surface area contributed by atoms with E-state index in [1.165, 1.54) is 12.1 Å². The Bertz CT molecular complexity index is 625. The molecular weight excluding hydrogens is 279 g/mol. The van der Waals surface area contributed by atoms with E-state index in [1.807, 2.05) is 24.3 Å². The lowest BCUT2D eigenvalue weighted by Crippen LogP contribution is -2.15. The molecule has 2 rings (SSSR count). The zero-order valence-corrected chi connectivity index (χ0v) is 12.9. The summed E-state index contributed by atoms with van der Waals surface area (Å²) in [6, 6.07) is 14.1. The zero-order chi connectivity index (χ0) is 15.9. The number of carbonyl (C=O) groups excluding carboxylic acids is 1. The Hall–Kier alpha value is -2.36. The van der Waals surface area contributed by atoms with Gasteiger partial charge in [-0.2, -0.15) is 0 Å². The Morgan fingerprint density at radius 2 is 1.82 bits per heavy atom. The molecule has 1 amide bonds. The molecule has 22 heavy (non-hydrogen) atoms. The smallest absolute Gasteiger partial charge is 0.228 e. The van der Waals surface area contributed by atoms with Crippen molar-refractivity contribution >= 4 is 17.3 Å². The number of nitrogens with one attached hydrogen (secondary N) is 2. The predicted molar refractivity (Wildman–Crippen MR) is 88.6 cm³/mol. The van der Waals surface area contributed by atoms with E-state index in [4.69, 9.17) is 0 Å². The number of benzene rings is 2. The van der Waals surface area contributed by atoms with Crippen molar-refractivity contribution in [2.24, 2.45) is 0 Å². The van der Waals surface area contributed by atoms with Crippen LogP contribution in [0.1, 0.15) is 25.8 Å². The first-order chi connectivity index (χ1) is 10.6. The van der Waals surface area contributed by atoms with Gasteiger partial charge in [-0.05, 0) is 55.3 Å². The highest BCUT2D eigenvalue weighted by atomic mass is 19.1. The highest BCUT2D eigenvalue weighted by Gasteiger charge is 2.05. The van der Waals surface area contributed by atoms with Gasteiger partial charge in [-0.25, -0.2) is 4.39 Å². The number of carbonyl (C=O) groups is 1. The summed E-state index contributed by atoms with van der Waals surface area (Å²) < 4.78 is 13.1. The Labute approximate surface area is 130 Å². The van der Waals surface area contributed by atoms with Gasteiger partial charge in [0, 0.05) is 17.4 Å². The molecule has 0 aliphatic heterocycles. The average Bonchev–Trinajstić information content (AvgIpc) is 2.49. The summed E-state index contributed by atoms with van der Waals surface area (Å²) in [6.07, 6.45) is 1.21. The summed E-state index contributed by atoms with van der Waals surface area (Å²) in [7, 11) is 0. The molecular formula is C18H21FN2O. The Morgan fingerprint density at radius 3 is 2.45 bits per heavy atom. The van der Waals surface area contributed by atoms with E-state index in [0.717, 1.165) is 17.8 Å². The highest BCUT2D eigenvalue weighted by molar-refractivity contribution is 5.92. The second-order valence-electron chi connectivity index (χ2n) is 5.39. The van der Waals surface area contributed by atoms with Crippen LogP contribution in [0.5, 0.6) is 0 Å². The molecule has 1 unspecified atom stereocenters. The second-order valence-corrected chi connectivity index (χ2v) is 5.39. The van der Waals surface area contributed by atoms with Gasteiger partial charge in [0.2, 0.25) is 5.91 Å². The molecule has 2 aromatic carbocycles. The fourth-order valence-electron chi connectivity index (χ4n) is 2.07. The molecule has 2 N–H and O–H groups in total. The molecule has 0 saturated carbocycles. The summed E-state index contributed by atoms with van der Waals surface area (Å²) in [5, 5.41) is 6.18. The molecule has 0 aromatic heterocycles. The highest BCUT2D eigenvalue weighted by Crippen LogP contribution is 2.15. The Kier molecular flexibility index (Phi) is 5.53. The number of rotatable bonds is 6. The molecule has 0 radical (unpaired) electrons. The van der Waals surface area contributed by atoms with E-state index in [-0.39, 0.29) is 18.1 Å². The summed E-state index contributed by atoms with van der Waals surface area (Å²) in [5.74, 6) is -0.487. The number of halogens is 1. The van der Waals surface area contributed by atoms with Gasteiger partial charge in [-0.15, -0.1) is 0 Å². The van der Waals surface area contributed by atoms with Crippen LogP contribution in [0.2, 0.25) is 0 Å². The third-order valence-corrected chi connectivity index (χ3v) is 3.45. The lowest BCUT2D eigenvalue weighted by Gasteiger charge is -2.13. The van der Waals surface area contributed by atoms with Crippen molar-refractivity contribution in [1.29, 1.82) is 0 Å². The minimum Gasteiger partial charge on any atom is -0.383 e. The fraction of sp³-hybridized carbons (Fsp3) is 0.278. The van der Waals surface area contributed by atoms with Crippen molar-refractivity contribution in [3.05, 3.63) is 59.9 Å². The van der Waals surface area contributed by atoms with Crippen LogP contribution < -0.4 is 10.6 Å². The van der Waals surface area contributed by atoms with Crippen LogP contribution in [0, 0.1) is 5.82 Å². The Balaban J connectivity index is 1.91. The van der Waals surface area contributed by atoms with Crippen molar-refractivity contribution in [1.82, 2.24) is 0 Å². The number of anilines is 2. The van der Waals surface area contributed by atoms with E-state index >= 15 is 0 Å². The van der Waals surface area contributed by atoms with Crippen LogP contribution in [-0.2, 0) is 11.2 Å². The average molecular weight is 300 g/mol. The van der Waals surface area contributed by atoms with Crippen LogP contribution in [0.3, 0.4) is 0 Å². The van der Waals surface area contributed by atoms with Gasteiger partial charge in [0.05, 0.1) is 6.42 Å². The van der Waals surface area contributed by atoms with Gasteiger partial charge in [0.15, 0.2) is 0 Å². The predicted octanol–water partition coefficient (Wildman–Crippen LogP) is 4.22. The number of hydrogen-bond donors (Lipinski definition) is 2. The molecule has 0 aliphatic rings. The molecule has 116 valence electrons. The number of amides is 1. The molecule has 0 fully saturated rings. The lowest BCUT2D eigenvalue weighted by atomic mass is 10.1. The quantitative estimate of drug-likeness (QED) is 0.838. The first kappa shape index (κ1) is 16.0. The molecule has 0 bridgehead atoms. The summed E-state index contributed by atoms with van der Waals surface area (Å²) >= 11 is 0. The van der Waals surface area contributed by atoms with Crippen molar-refractivity contribution in [3.63, 3.8) is 0 Å². The molecule has 0 heterocycles. The van der Waals surface area contributed by atoms with Gasteiger partial charge in [0.1, 0.15) is 5.82 Å². The largest absolute Gasteiger partial charge is 0.383 e. The molecule has 4 heteroatoms. The topological polar surface area (TPSA) is 41.1 Å². The van der Waals surface area contributed by atoms with Crippen molar-refractivity contribution in [2.45, 2.75) is 32.7 Å². The van der Waals surface area contributed by atoms with Gasteiger partial charge < -0.3 is 10.6 Å².